The van der Waals surface area contributed by atoms with E-state index in [4.69, 9.17) is 9.47 Å². The Kier molecular flexibility index (Phi) is 8.54. The fraction of sp³-hybridized carbons (Fsp3) is 0.586. The molecule has 0 bridgehead atoms. The molecule has 1 saturated heterocycles. The lowest BCUT2D eigenvalue weighted by Gasteiger charge is -2.33. The highest BCUT2D eigenvalue weighted by Crippen LogP contribution is 2.37. The standard InChI is InChI=1S/C29H42N6O5S/c1-18-19(2)33-34-25(18)32-26-21-15-24(41(37,38)29(6,7)8)23(16-22(21)30-17-31-26)39-14-11-20-9-12-35(13-10-20)27(36)40-28(3,4)5/h15-17,20H,9-14H2,1-8H3,(H2,30,31,32,33,34). The number of sulfone groups is 1. The second-order valence-electron chi connectivity index (χ2n) is 12.6. The van der Waals surface area contributed by atoms with Crippen molar-refractivity contribution in [1.29, 1.82) is 0 Å². The number of nitrogens with one attached hydrogen (secondary N) is 2. The molecule has 1 aliphatic heterocycles. The summed E-state index contributed by atoms with van der Waals surface area (Å²) < 4.78 is 38.0. The van der Waals surface area contributed by atoms with Crippen LogP contribution in [0, 0.1) is 19.8 Å². The zero-order valence-electron chi connectivity index (χ0n) is 25.3. The van der Waals surface area contributed by atoms with Crippen LogP contribution in [0.5, 0.6) is 5.75 Å². The Bertz CT molecular complexity index is 1510. The van der Waals surface area contributed by atoms with Crippen LogP contribution in [-0.4, -0.2) is 69.6 Å². The van der Waals surface area contributed by atoms with Crippen molar-refractivity contribution in [2.24, 2.45) is 5.92 Å². The molecule has 0 atom stereocenters. The van der Waals surface area contributed by atoms with Crippen molar-refractivity contribution >= 4 is 38.5 Å². The molecule has 41 heavy (non-hydrogen) atoms. The summed E-state index contributed by atoms with van der Waals surface area (Å²) in [5.41, 5.74) is 1.90. The smallest absolute Gasteiger partial charge is 0.410 e. The largest absolute Gasteiger partial charge is 0.492 e. The normalized spacial score (nSPS) is 15.3. The van der Waals surface area contributed by atoms with Crippen LogP contribution in [0.3, 0.4) is 0 Å². The zero-order valence-corrected chi connectivity index (χ0v) is 26.1. The first-order valence-corrected chi connectivity index (χ1v) is 15.5. The van der Waals surface area contributed by atoms with Gasteiger partial charge in [-0.3, -0.25) is 5.10 Å². The SMILES string of the molecule is Cc1[nH]nc(Nc2ncnc3cc(OCCC4CCN(C(=O)OC(C)(C)C)CC4)c(S(=O)(=O)C(C)(C)C)cc23)c1C. The quantitative estimate of drug-likeness (QED) is 0.357. The molecule has 4 rings (SSSR count). The van der Waals surface area contributed by atoms with E-state index in [0.29, 0.717) is 48.2 Å². The van der Waals surface area contributed by atoms with Crippen molar-refractivity contribution in [3.63, 3.8) is 0 Å². The highest BCUT2D eigenvalue weighted by molar-refractivity contribution is 7.92. The van der Waals surface area contributed by atoms with Crippen molar-refractivity contribution in [3.8, 4) is 5.75 Å². The number of aromatic amines is 1. The molecule has 12 heteroatoms. The molecular weight excluding hydrogens is 544 g/mol. The average molecular weight is 587 g/mol. The molecule has 2 aromatic heterocycles. The van der Waals surface area contributed by atoms with Gasteiger partial charge in [0.15, 0.2) is 15.7 Å². The van der Waals surface area contributed by atoms with Crippen LogP contribution < -0.4 is 10.1 Å². The summed E-state index contributed by atoms with van der Waals surface area (Å²) in [7, 11) is -3.77. The van der Waals surface area contributed by atoms with E-state index in [0.717, 1.165) is 30.5 Å². The minimum absolute atomic E-state index is 0.102. The Morgan fingerprint density at radius 1 is 1.07 bits per heavy atom. The third-order valence-electron chi connectivity index (χ3n) is 7.34. The molecule has 1 aromatic carbocycles. The van der Waals surface area contributed by atoms with E-state index in [2.05, 4.69) is 25.5 Å². The van der Waals surface area contributed by atoms with Crippen molar-refractivity contribution in [2.45, 2.75) is 89.9 Å². The highest BCUT2D eigenvalue weighted by Gasteiger charge is 2.34. The number of rotatable bonds is 7. The number of amides is 1. The average Bonchev–Trinajstić information content (AvgIpc) is 3.19. The van der Waals surface area contributed by atoms with Crippen molar-refractivity contribution in [3.05, 3.63) is 29.7 Å². The van der Waals surface area contributed by atoms with Crippen LogP contribution in [-0.2, 0) is 14.6 Å². The van der Waals surface area contributed by atoms with E-state index >= 15 is 0 Å². The number of aryl methyl sites for hydroxylation is 1. The van der Waals surface area contributed by atoms with E-state index in [1.165, 1.54) is 6.33 Å². The van der Waals surface area contributed by atoms with E-state index in [9.17, 15) is 13.2 Å². The van der Waals surface area contributed by atoms with E-state index in [1.54, 1.807) is 37.8 Å². The van der Waals surface area contributed by atoms with Crippen molar-refractivity contribution in [1.82, 2.24) is 25.1 Å². The zero-order chi connectivity index (χ0) is 30.2. The first-order valence-electron chi connectivity index (χ1n) is 14.0. The van der Waals surface area contributed by atoms with Crippen LogP contribution in [0.1, 0.15) is 72.1 Å². The Morgan fingerprint density at radius 3 is 2.34 bits per heavy atom. The summed E-state index contributed by atoms with van der Waals surface area (Å²) in [6.45, 7) is 16.1. The number of hydrogen-bond acceptors (Lipinski definition) is 9. The second-order valence-corrected chi connectivity index (χ2v) is 15.3. The molecule has 1 aliphatic rings. The monoisotopic (exact) mass is 586 g/mol. The van der Waals surface area contributed by atoms with Gasteiger partial charge in [-0.05, 0) is 86.6 Å². The molecule has 3 heterocycles. The van der Waals surface area contributed by atoms with Crippen molar-refractivity contribution in [2.75, 3.05) is 25.0 Å². The van der Waals surface area contributed by atoms with Gasteiger partial charge in [0.1, 0.15) is 28.4 Å². The predicted molar refractivity (Wildman–Crippen MR) is 158 cm³/mol. The number of fused-ring (bicyclic) bond motifs is 1. The maximum Gasteiger partial charge on any atom is 0.410 e. The van der Waals surface area contributed by atoms with Gasteiger partial charge in [-0.25, -0.2) is 23.2 Å². The van der Waals surface area contributed by atoms with Crippen LogP contribution in [0.25, 0.3) is 10.9 Å². The number of hydrogen-bond donors (Lipinski definition) is 2. The van der Waals surface area contributed by atoms with Gasteiger partial charge in [0, 0.05) is 35.8 Å². The first-order chi connectivity index (χ1) is 19.1. The summed E-state index contributed by atoms with van der Waals surface area (Å²) in [6.07, 6.45) is 3.56. The second kappa shape index (κ2) is 11.5. The fourth-order valence-electron chi connectivity index (χ4n) is 4.60. The molecule has 0 spiro atoms. The number of benzene rings is 1. The number of piperidine rings is 1. The predicted octanol–water partition coefficient (Wildman–Crippen LogP) is 5.70. The minimum atomic E-state index is -3.77. The summed E-state index contributed by atoms with van der Waals surface area (Å²) in [5, 5.41) is 11.0. The minimum Gasteiger partial charge on any atom is -0.492 e. The molecule has 0 unspecified atom stereocenters. The summed E-state index contributed by atoms with van der Waals surface area (Å²) in [6, 6.07) is 3.27. The number of aromatic nitrogens is 4. The Hall–Kier alpha value is -3.41. The number of likely N-dealkylation sites (tertiary alicyclic amines) is 1. The summed E-state index contributed by atoms with van der Waals surface area (Å²) in [5.74, 6) is 1.70. The van der Waals surface area contributed by atoms with Crippen LogP contribution >= 0.6 is 0 Å². The number of carbonyl (C=O) groups is 1. The molecule has 1 fully saturated rings. The molecule has 2 N–H and O–H groups in total. The highest BCUT2D eigenvalue weighted by atomic mass is 32.2. The molecular formula is C29H42N6O5S. The number of nitrogens with zero attached hydrogens (tertiary/aromatic N) is 4. The molecule has 1 amide bonds. The van der Waals surface area contributed by atoms with E-state index < -0.39 is 20.2 Å². The topological polar surface area (TPSA) is 139 Å². The van der Waals surface area contributed by atoms with Gasteiger partial charge in [-0.1, -0.05) is 0 Å². The third kappa shape index (κ3) is 6.91. The Balaban J connectivity index is 1.54. The van der Waals surface area contributed by atoms with Gasteiger partial charge in [0.2, 0.25) is 0 Å². The molecule has 224 valence electrons. The van der Waals surface area contributed by atoms with Gasteiger partial charge in [-0.15, -0.1) is 0 Å². The Labute approximate surface area is 242 Å². The van der Waals surface area contributed by atoms with Gasteiger partial charge in [-0.2, -0.15) is 5.10 Å². The molecule has 11 nitrogen and oxygen atoms in total. The summed E-state index contributed by atoms with van der Waals surface area (Å²) >= 11 is 0. The number of ether oxygens (including phenoxy) is 2. The maximum atomic E-state index is 13.7. The van der Waals surface area contributed by atoms with Gasteiger partial charge in [0.25, 0.3) is 0 Å². The van der Waals surface area contributed by atoms with Gasteiger partial charge in [0.05, 0.1) is 16.9 Å². The fourth-order valence-corrected chi connectivity index (χ4v) is 5.92. The van der Waals surface area contributed by atoms with E-state index in [1.807, 2.05) is 34.6 Å². The molecule has 0 saturated carbocycles. The van der Waals surface area contributed by atoms with Crippen LogP contribution in [0.4, 0.5) is 16.4 Å². The van der Waals surface area contributed by atoms with Crippen molar-refractivity contribution < 1.29 is 22.7 Å². The van der Waals surface area contributed by atoms with Crippen LogP contribution in [0.2, 0.25) is 0 Å². The molecule has 0 radical (unpaired) electrons. The van der Waals surface area contributed by atoms with Gasteiger partial charge < -0.3 is 19.7 Å². The Morgan fingerprint density at radius 2 is 1.76 bits per heavy atom. The maximum absolute atomic E-state index is 13.7. The van der Waals surface area contributed by atoms with Crippen LogP contribution in [0.15, 0.2) is 23.4 Å². The number of anilines is 2. The van der Waals surface area contributed by atoms with E-state index in [-0.39, 0.29) is 16.7 Å². The third-order valence-corrected chi connectivity index (χ3v) is 9.85. The number of H-pyrrole nitrogens is 1. The number of carbonyl (C=O) groups excluding carboxylic acids is 1. The molecule has 3 aromatic rings. The summed E-state index contributed by atoms with van der Waals surface area (Å²) in [4.78, 5) is 23.0. The lowest BCUT2D eigenvalue weighted by Crippen LogP contribution is -2.41. The lowest BCUT2D eigenvalue weighted by molar-refractivity contribution is 0.0177. The molecule has 0 aliphatic carbocycles. The lowest BCUT2D eigenvalue weighted by atomic mass is 9.94. The van der Waals surface area contributed by atoms with Gasteiger partial charge >= 0.3 is 6.09 Å². The first kappa shape index (κ1) is 30.5.